The molecule has 1 aliphatic carbocycles. The van der Waals surface area contributed by atoms with Gasteiger partial charge < -0.3 is 14.6 Å². The molecule has 6 heteroatoms. The molecule has 4 nitrogen and oxygen atoms in total. The summed E-state index contributed by atoms with van der Waals surface area (Å²) in [5.41, 5.74) is -1.67. The lowest BCUT2D eigenvalue weighted by molar-refractivity contribution is -0.140. The molecule has 2 fully saturated rings. The van der Waals surface area contributed by atoms with Gasteiger partial charge in [-0.25, -0.2) is 8.78 Å². The van der Waals surface area contributed by atoms with Crippen LogP contribution in [0.4, 0.5) is 8.78 Å². The lowest BCUT2D eigenvalue weighted by Crippen LogP contribution is -2.33. The molecule has 1 aliphatic heterocycles. The second-order valence-electron chi connectivity index (χ2n) is 8.16. The number of hydrogen-bond donors (Lipinski definition) is 1. The van der Waals surface area contributed by atoms with Crippen LogP contribution in [0.15, 0.2) is 24.3 Å². The van der Waals surface area contributed by atoms with E-state index in [0.29, 0.717) is 12.8 Å². The van der Waals surface area contributed by atoms with Crippen LogP contribution in [0.2, 0.25) is 0 Å². The first-order valence-corrected chi connectivity index (χ1v) is 10.4. The molecule has 2 aliphatic rings. The Bertz CT molecular complexity index is 561. The monoisotopic (exact) mass is 400 g/mol. The normalized spacial score (nSPS) is 33.3. The molecule has 0 aromatic carbocycles. The number of hydrogen-bond acceptors (Lipinski definition) is 4. The van der Waals surface area contributed by atoms with Crippen molar-refractivity contribution in [1.82, 2.24) is 0 Å². The zero-order valence-corrected chi connectivity index (χ0v) is 17.2. The van der Waals surface area contributed by atoms with Crippen LogP contribution >= 0.6 is 0 Å². The smallest absolute Gasteiger partial charge is 0.305 e. The molecule has 28 heavy (non-hydrogen) atoms. The van der Waals surface area contributed by atoms with Crippen molar-refractivity contribution in [2.75, 3.05) is 7.11 Å². The number of halogens is 2. The summed E-state index contributed by atoms with van der Waals surface area (Å²) in [7, 11) is 1.34. The summed E-state index contributed by atoms with van der Waals surface area (Å²) >= 11 is 0. The Hall–Kier alpha value is -1.27. The zero-order chi connectivity index (χ0) is 20.7. The fraction of sp³-hybridized carbons (Fsp3) is 0.773. The number of aliphatic hydroxyl groups is 1. The number of rotatable bonds is 10. The number of fused-ring (bicyclic) bond motifs is 1. The highest BCUT2D eigenvalue weighted by Crippen LogP contribution is 2.46. The van der Waals surface area contributed by atoms with E-state index in [2.05, 4.69) is 4.74 Å². The molecule has 0 bridgehead atoms. The van der Waals surface area contributed by atoms with Crippen molar-refractivity contribution in [3.8, 4) is 0 Å². The van der Waals surface area contributed by atoms with E-state index in [0.717, 1.165) is 25.7 Å². The number of methoxy groups -OCH3 is 1. The average molecular weight is 401 g/mol. The molecular weight excluding hydrogens is 366 g/mol. The van der Waals surface area contributed by atoms with Crippen LogP contribution in [-0.2, 0) is 14.3 Å². The van der Waals surface area contributed by atoms with E-state index in [9.17, 15) is 18.7 Å². The van der Waals surface area contributed by atoms with Crippen LogP contribution in [0.5, 0.6) is 0 Å². The number of carbonyl (C=O) groups is 1. The van der Waals surface area contributed by atoms with E-state index in [-0.39, 0.29) is 30.3 Å². The summed E-state index contributed by atoms with van der Waals surface area (Å²) in [6.07, 6.45) is 7.76. The molecule has 1 unspecified atom stereocenters. The Kier molecular flexibility index (Phi) is 8.62. The van der Waals surface area contributed by atoms with Crippen LogP contribution < -0.4 is 0 Å². The van der Waals surface area contributed by atoms with Crippen molar-refractivity contribution in [1.29, 1.82) is 0 Å². The predicted octanol–water partition coefficient (Wildman–Crippen LogP) is 4.46. The highest BCUT2D eigenvalue weighted by atomic mass is 19.1. The van der Waals surface area contributed by atoms with E-state index in [1.54, 1.807) is 18.2 Å². The molecule has 7 atom stereocenters. The van der Waals surface area contributed by atoms with Gasteiger partial charge in [-0.05, 0) is 38.5 Å². The Morgan fingerprint density at radius 3 is 2.82 bits per heavy atom. The van der Waals surface area contributed by atoms with Crippen molar-refractivity contribution in [3.63, 3.8) is 0 Å². The number of aliphatic hydroxyl groups excluding tert-OH is 1. The minimum Gasteiger partial charge on any atom is -0.469 e. The topological polar surface area (TPSA) is 55.8 Å². The van der Waals surface area contributed by atoms with Crippen molar-refractivity contribution >= 4 is 5.97 Å². The first-order valence-electron chi connectivity index (χ1n) is 10.4. The lowest BCUT2D eigenvalue weighted by Gasteiger charge is -2.25. The van der Waals surface area contributed by atoms with Crippen molar-refractivity contribution in [2.24, 2.45) is 11.8 Å². The summed E-state index contributed by atoms with van der Waals surface area (Å²) in [5.74, 6) is -0.640. The minimum absolute atomic E-state index is 0.0647. The van der Waals surface area contributed by atoms with Gasteiger partial charge in [-0.1, -0.05) is 44.1 Å². The van der Waals surface area contributed by atoms with Crippen LogP contribution in [0, 0.1) is 11.8 Å². The SMILES string of the molecule is CCCCC(C)(F)[C@H](O)C=C[C@H]1CC[C@H]2O[C@H](C=CCCC(=O)OC)[C@@H](F)[C@H]12. The van der Waals surface area contributed by atoms with E-state index < -0.39 is 24.0 Å². The minimum atomic E-state index is -1.67. The van der Waals surface area contributed by atoms with Gasteiger partial charge in [0.15, 0.2) is 0 Å². The van der Waals surface area contributed by atoms with Gasteiger partial charge in [0.25, 0.3) is 0 Å². The third kappa shape index (κ3) is 5.86. The van der Waals surface area contributed by atoms with E-state index in [1.807, 2.05) is 6.92 Å². The molecule has 0 aromatic heterocycles. The molecule has 1 N–H and O–H groups in total. The predicted molar refractivity (Wildman–Crippen MR) is 104 cm³/mol. The van der Waals surface area contributed by atoms with Crippen molar-refractivity contribution in [2.45, 2.75) is 88.9 Å². The molecule has 160 valence electrons. The Morgan fingerprint density at radius 2 is 2.14 bits per heavy atom. The Balaban J connectivity index is 1.90. The maximum absolute atomic E-state index is 14.9. The van der Waals surface area contributed by atoms with Gasteiger partial charge in [-0.15, -0.1) is 0 Å². The molecule has 0 spiro atoms. The van der Waals surface area contributed by atoms with Crippen LogP contribution in [0.1, 0.15) is 58.8 Å². The van der Waals surface area contributed by atoms with Gasteiger partial charge in [0.2, 0.25) is 0 Å². The number of unbranched alkanes of at least 4 members (excludes halogenated alkanes) is 1. The second-order valence-corrected chi connectivity index (χ2v) is 8.16. The molecule has 1 saturated heterocycles. The fourth-order valence-corrected chi connectivity index (χ4v) is 4.14. The van der Waals surface area contributed by atoms with Gasteiger partial charge in [-0.3, -0.25) is 4.79 Å². The van der Waals surface area contributed by atoms with Crippen LogP contribution in [0.25, 0.3) is 0 Å². The number of esters is 1. The van der Waals surface area contributed by atoms with Crippen molar-refractivity contribution < 1.29 is 28.2 Å². The molecule has 0 amide bonds. The van der Waals surface area contributed by atoms with Gasteiger partial charge >= 0.3 is 5.97 Å². The number of alkyl halides is 2. The highest BCUT2D eigenvalue weighted by molar-refractivity contribution is 5.69. The zero-order valence-electron chi connectivity index (χ0n) is 17.2. The largest absolute Gasteiger partial charge is 0.469 e. The number of ether oxygens (including phenoxy) is 2. The highest BCUT2D eigenvalue weighted by Gasteiger charge is 2.50. The van der Waals surface area contributed by atoms with E-state index >= 15 is 0 Å². The number of allylic oxidation sites excluding steroid dienone is 2. The number of carbonyl (C=O) groups excluding carboxylic acids is 1. The fourth-order valence-electron chi connectivity index (χ4n) is 4.14. The molecule has 0 aromatic rings. The molecular formula is C22H34F2O4. The van der Waals surface area contributed by atoms with Gasteiger partial charge in [0.05, 0.1) is 13.2 Å². The Morgan fingerprint density at radius 1 is 1.39 bits per heavy atom. The first kappa shape index (κ1) is 23.0. The summed E-state index contributed by atoms with van der Waals surface area (Å²) in [6, 6.07) is 0. The molecule has 1 heterocycles. The summed E-state index contributed by atoms with van der Waals surface area (Å²) in [6.45, 7) is 3.40. The maximum atomic E-state index is 14.9. The quantitative estimate of drug-likeness (QED) is 0.434. The summed E-state index contributed by atoms with van der Waals surface area (Å²) in [5, 5.41) is 10.2. The molecule has 2 rings (SSSR count). The van der Waals surface area contributed by atoms with Crippen LogP contribution in [0.3, 0.4) is 0 Å². The third-order valence-corrected chi connectivity index (χ3v) is 5.97. The van der Waals surface area contributed by atoms with Gasteiger partial charge in [0.1, 0.15) is 24.0 Å². The Labute approximate surface area is 167 Å². The average Bonchev–Trinajstić information content (AvgIpc) is 3.21. The van der Waals surface area contributed by atoms with E-state index in [4.69, 9.17) is 4.74 Å². The summed E-state index contributed by atoms with van der Waals surface area (Å²) < 4.78 is 39.9. The standard InChI is InChI=1S/C22H34F2O4/c1-4-5-14-22(2,24)18(25)13-11-15-10-12-16-20(15)21(23)17(28-16)8-6-7-9-19(26)27-3/h6,8,11,13,15-18,20-21,25H,4-5,7,9-10,12,14H2,1-3H3/t15-,16-,17-,18-,20-,21-,22?/m1/s1. The van der Waals surface area contributed by atoms with E-state index in [1.165, 1.54) is 20.1 Å². The van der Waals surface area contributed by atoms with Crippen molar-refractivity contribution in [3.05, 3.63) is 24.3 Å². The lowest BCUT2D eigenvalue weighted by atomic mass is 9.87. The van der Waals surface area contributed by atoms with Crippen LogP contribution in [-0.4, -0.2) is 48.3 Å². The molecule has 1 saturated carbocycles. The third-order valence-electron chi connectivity index (χ3n) is 5.97. The first-order chi connectivity index (χ1) is 13.3. The summed E-state index contributed by atoms with van der Waals surface area (Å²) in [4.78, 5) is 11.1. The second kappa shape index (κ2) is 10.5. The van der Waals surface area contributed by atoms with Gasteiger partial charge in [-0.2, -0.15) is 0 Å². The molecule has 0 radical (unpaired) electrons. The maximum Gasteiger partial charge on any atom is 0.305 e. The van der Waals surface area contributed by atoms with Gasteiger partial charge in [0, 0.05) is 12.3 Å².